The fourth-order valence-electron chi connectivity index (χ4n) is 3.63. The molecule has 14 N–H and O–H groups in total. The number of carboxylic acid groups (broad SMARTS) is 3. The molecule has 0 bridgehead atoms. The summed E-state index contributed by atoms with van der Waals surface area (Å²) in [6.07, 6.45) is -0.812. The Labute approximate surface area is 273 Å². The van der Waals surface area contributed by atoms with Crippen molar-refractivity contribution < 1.29 is 63.3 Å². The summed E-state index contributed by atoms with van der Waals surface area (Å²) in [6.45, 7) is -2.77. The first-order valence-corrected chi connectivity index (χ1v) is 14.6. The minimum atomic E-state index is -1.47. The number of rotatable bonds is 25. The maximum Gasteiger partial charge on any atom is 0.326 e. The normalized spacial score (nSPS) is 12.2. The first kappa shape index (κ1) is 42.6. The third kappa shape index (κ3) is 20.6. The van der Waals surface area contributed by atoms with Crippen molar-refractivity contribution >= 4 is 59.3 Å². The highest BCUT2D eigenvalue weighted by Crippen LogP contribution is 2.02. The van der Waals surface area contributed by atoms with E-state index in [1.165, 1.54) is 0 Å². The summed E-state index contributed by atoms with van der Waals surface area (Å²) in [6, 6.07) is -4.10. The molecule has 0 fully saturated rings. The molecule has 0 aromatic heterocycles. The van der Waals surface area contributed by atoms with Crippen LogP contribution in [0, 0.1) is 0 Å². The molecule has 0 radical (unpaired) electrons. The van der Waals surface area contributed by atoms with Gasteiger partial charge in [-0.15, -0.1) is 0 Å². The van der Waals surface area contributed by atoms with Crippen molar-refractivity contribution in [2.75, 3.05) is 39.3 Å². The predicted molar refractivity (Wildman–Crippen MR) is 161 cm³/mol. The van der Waals surface area contributed by atoms with Gasteiger partial charge in [-0.25, -0.2) is 4.79 Å². The monoisotopic (exact) mass is 689 g/mol. The van der Waals surface area contributed by atoms with Crippen molar-refractivity contribution in [1.29, 1.82) is 0 Å². The zero-order chi connectivity index (χ0) is 36.6. The Morgan fingerprint density at radius 3 is 1.27 bits per heavy atom. The highest BCUT2D eigenvalue weighted by atomic mass is 16.4. The Morgan fingerprint density at radius 1 is 0.479 bits per heavy atom. The highest BCUT2D eigenvalue weighted by molar-refractivity contribution is 5.94. The van der Waals surface area contributed by atoms with E-state index in [-0.39, 0.29) is 12.8 Å². The molecule has 7 amide bonds. The van der Waals surface area contributed by atoms with Gasteiger partial charge in [0.05, 0.1) is 32.7 Å². The summed E-state index contributed by atoms with van der Waals surface area (Å²) < 4.78 is 0. The van der Waals surface area contributed by atoms with E-state index in [4.69, 9.17) is 21.7 Å². The van der Waals surface area contributed by atoms with Crippen LogP contribution in [0.25, 0.3) is 0 Å². The summed E-state index contributed by atoms with van der Waals surface area (Å²) in [5.74, 6) is -10.0. The number of amides is 7. The number of carboxylic acids is 3. The third-order valence-electron chi connectivity index (χ3n) is 6.10. The topological polar surface area (TPSA) is 368 Å². The molecule has 0 aliphatic carbocycles. The van der Waals surface area contributed by atoms with E-state index in [1.807, 2.05) is 0 Å². The minimum Gasteiger partial charge on any atom is -0.481 e. The molecule has 0 aliphatic rings. The van der Waals surface area contributed by atoms with Gasteiger partial charge in [-0.1, -0.05) is 0 Å². The molecule has 0 rings (SSSR count). The van der Waals surface area contributed by atoms with Crippen molar-refractivity contribution in [2.45, 2.75) is 63.1 Å². The molecular weight excluding hydrogens is 646 g/mol. The Balaban J connectivity index is 5.02. The molecule has 0 heterocycles. The Morgan fingerprint density at radius 2 is 0.875 bits per heavy atom. The Hall–Kier alpha value is -5.38. The molecule has 22 heteroatoms. The number of hydrogen-bond donors (Lipinski definition) is 12. The Bertz CT molecular complexity index is 1180. The van der Waals surface area contributed by atoms with Gasteiger partial charge < -0.3 is 64.0 Å². The lowest BCUT2D eigenvalue weighted by atomic mass is 10.1. The van der Waals surface area contributed by atoms with Gasteiger partial charge in [-0.3, -0.25) is 43.2 Å². The third-order valence-corrected chi connectivity index (χ3v) is 6.10. The number of carbonyl (C=O) groups is 10. The van der Waals surface area contributed by atoms with E-state index in [1.54, 1.807) is 0 Å². The largest absolute Gasteiger partial charge is 0.481 e. The van der Waals surface area contributed by atoms with Crippen LogP contribution in [-0.4, -0.2) is 132 Å². The number of carbonyl (C=O) groups excluding carboxylic acids is 7. The number of nitrogens with one attached hydrogen (secondary N) is 7. The maximum absolute atomic E-state index is 12.6. The van der Waals surface area contributed by atoms with Crippen LogP contribution in [0.2, 0.25) is 0 Å². The molecule has 0 saturated heterocycles. The van der Waals surface area contributed by atoms with Gasteiger partial charge in [-0.2, -0.15) is 0 Å². The van der Waals surface area contributed by atoms with E-state index in [0.717, 1.165) is 0 Å². The van der Waals surface area contributed by atoms with E-state index in [2.05, 4.69) is 37.2 Å². The zero-order valence-corrected chi connectivity index (χ0v) is 26.0. The molecular formula is C26H43N9O13. The second-order valence-corrected chi connectivity index (χ2v) is 10.0. The second kappa shape index (κ2) is 23.9. The molecule has 0 aliphatic heterocycles. The predicted octanol–water partition coefficient (Wildman–Crippen LogP) is -6.19. The van der Waals surface area contributed by atoms with Crippen molar-refractivity contribution in [2.24, 2.45) is 11.5 Å². The summed E-state index contributed by atoms with van der Waals surface area (Å²) in [5, 5.41) is 42.4. The molecule has 22 nitrogen and oxygen atoms in total. The van der Waals surface area contributed by atoms with E-state index < -0.39 is 129 Å². The van der Waals surface area contributed by atoms with Gasteiger partial charge in [0.1, 0.15) is 18.1 Å². The van der Waals surface area contributed by atoms with Crippen LogP contribution in [0.15, 0.2) is 0 Å². The quantitative estimate of drug-likeness (QED) is 0.0397. The first-order valence-electron chi connectivity index (χ1n) is 14.6. The molecule has 0 spiro atoms. The lowest BCUT2D eigenvalue weighted by Crippen LogP contribution is -2.53. The summed E-state index contributed by atoms with van der Waals surface area (Å²) in [7, 11) is 0. The average Bonchev–Trinajstić information content (AvgIpc) is 3.03. The smallest absolute Gasteiger partial charge is 0.326 e. The van der Waals surface area contributed by atoms with Gasteiger partial charge in [-0.05, 0) is 38.6 Å². The van der Waals surface area contributed by atoms with Crippen LogP contribution in [-0.2, 0) is 47.9 Å². The van der Waals surface area contributed by atoms with Gasteiger partial charge >= 0.3 is 17.9 Å². The number of aliphatic carboxylic acids is 3. The summed E-state index contributed by atoms with van der Waals surface area (Å²) >= 11 is 0. The van der Waals surface area contributed by atoms with E-state index in [9.17, 15) is 53.1 Å². The fraction of sp³-hybridized carbons (Fsp3) is 0.615. The van der Waals surface area contributed by atoms with Gasteiger partial charge in [0.25, 0.3) is 0 Å². The van der Waals surface area contributed by atoms with Crippen LogP contribution < -0.4 is 48.7 Å². The molecule has 0 saturated carbocycles. The van der Waals surface area contributed by atoms with Crippen molar-refractivity contribution in [1.82, 2.24) is 37.2 Å². The SMILES string of the molecule is NCCCC[C@H](NC(=O)CNC(=O)[C@H](CCC(=O)O)NC(=O)CNC(=O)CNC(=O)[C@H](CCC(=O)O)NC(=O)CNC(=O)CN)C(=O)O. The van der Waals surface area contributed by atoms with Crippen LogP contribution in [0.4, 0.5) is 0 Å². The number of unbranched alkanes of at least 4 members (excludes halogenated alkanes) is 1. The van der Waals surface area contributed by atoms with Crippen LogP contribution >= 0.6 is 0 Å². The minimum absolute atomic E-state index is 0.0945. The first-order chi connectivity index (χ1) is 22.6. The number of hydrogen-bond acceptors (Lipinski definition) is 12. The molecule has 3 atom stereocenters. The standard InChI is InChI=1S/C26H43N9O13/c27-8-2-1-3-16(26(47)48)35-21(40)13-32-25(46)15(5-7-23(43)44)34-20(39)12-30-18(37)10-31-24(45)14(4-6-22(41)42)33-19(38)11-29-17(36)9-28/h14-16H,1-13,27-28H2,(H,29,36)(H,30,37)(H,31,45)(H,32,46)(H,33,38)(H,34,39)(H,35,40)(H,41,42)(H,43,44)(H,47,48)/t14-,15-,16-/m0/s1. The van der Waals surface area contributed by atoms with Gasteiger partial charge in [0, 0.05) is 12.8 Å². The van der Waals surface area contributed by atoms with E-state index in [0.29, 0.717) is 19.4 Å². The van der Waals surface area contributed by atoms with Crippen molar-refractivity contribution in [3.63, 3.8) is 0 Å². The van der Waals surface area contributed by atoms with Crippen LogP contribution in [0.1, 0.15) is 44.9 Å². The second-order valence-electron chi connectivity index (χ2n) is 10.0. The summed E-state index contributed by atoms with van der Waals surface area (Å²) in [5.41, 5.74) is 10.5. The number of nitrogens with two attached hydrogens (primary N) is 2. The molecule has 48 heavy (non-hydrogen) atoms. The van der Waals surface area contributed by atoms with E-state index >= 15 is 0 Å². The van der Waals surface area contributed by atoms with Crippen LogP contribution in [0.5, 0.6) is 0 Å². The van der Waals surface area contributed by atoms with Crippen LogP contribution in [0.3, 0.4) is 0 Å². The maximum atomic E-state index is 12.6. The van der Waals surface area contributed by atoms with Crippen molar-refractivity contribution in [3.8, 4) is 0 Å². The molecule has 0 unspecified atom stereocenters. The summed E-state index contributed by atoms with van der Waals surface area (Å²) in [4.78, 5) is 118. The van der Waals surface area contributed by atoms with Gasteiger partial charge in [0.15, 0.2) is 0 Å². The molecule has 270 valence electrons. The fourth-order valence-corrected chi connectivity index (χ4v) is 3.63. The Kier molecular flexibility index (Phi) is 21.2. The van der Waals surface area contributed by atoms with Gasteiger partial charge in [0.2, 0.25) is 41.4 Å². The highest BCUT2D eigenvalue weighted by Gasteiger charge is 2.25. The van der Waals surface area contributed by atoms with Crippen molar-refractivity contribution in [3.05, 3.63) is 0 Å². The molecule has 0 aromatic rings. The lowest BCUT2D eigenvalue weighted by molar-refractivity contribution is -0.142. The zero-order valence-electron chi connectivity index (χ0n) is 26.0. The lowest BCUT2D eigenvalue weighted by Gasteiger charge is -2.19. The molecule has 0 aromatic carbocycles. The average molecular weight is 690 g/mol.